The van der Waals surface area contributed by atoms with Crippen LogP contribution in [-0.4, -0.2) is 44.3 Å². The Morgan fingerprint density at radius 2 is 1.76 bits per heavy atom. The Hall–Kier alpha value is -2.91. The highest BCUT2D eigenvalue weighted by molar-refractivity contribution is 6.43. The van der Waals surface area contributed by atoms with E-state index in [-0.39, 0.29) is 21.7 Å². The predicted octanol–water partition coefficient (Wildman–Crippen LogP) is 5.13. The minimum absolute atomic E-state index is 0.165. The molecule has 2 aromatic carbocycles. The number of nitrogens with one attached hydrogen (secondary N) is 1. The molecule has 174 valence electrons. The molecule has 0 spiro atoms. The standard InChI is InChI=1S/C23H19Cl3N6O2/c24-13-6-4-12(5-7-13)23(27)8-10-32(11-9-23)22-28-19(21(33)34)16-18(30-31-20(16)29-22)14-2-1-3-15(25)17(14)26/h1-7H,8-11,27H2,(H,33,34)(H,28,29,30,31). The smallest absolute Gasteiger partial charge is 0.355 e. The summed E-state index contributed by atoms with van der Waals surface area (Å²) < 4.78 is 0. The van der Waals surface area contributed by atoms with Gasteiger partial charge in [0.05, 0.1) is 21.1 Å². The SMILES string of the molecule is NC1(c2ccc(Cl)cc2)CCN(c2nc(C(=O)O)c3c(-c4cccc(Cl)c4Cl)[nH]nc3n2)CC1. The summed E-state index contributed by atoms with van der Waals surface area (Å²) in [5.74, 6) is -0.904. The second-order valence-corrected chi connectivity index (χ2v) is 9.45. The Labute approximate surface area is 209 Å². The Balaban J connectivity index is 1.49. The number of hydrogen-bond acceptors (Lipinski definition) is 6. The van der Waals surface area contributed by atoms with Crippen LogP contribution in [0.4, 0.5) is 5.95 Å². The Kier molecular flexibility index (Phi) is 5.85. The number of nitrogens with two attached hydrogens (primary N) is 1. The van der Waals surface area contributed by atoms with E-state index in [1.54, 1.807) is 18.2 Å². The van der Waals surface area contributed by atoms with Crippen molar-refractivity contribution >= 4 is 57.8 Å². The molecule has 34 heavy (non-hydrogen) atoms. The first-order valence-electron chi connectivity index (χ1n) is 10.5. The van der Waals surface area contributed by atoms with E-state index in [2.05, 4.69) is 20.2 Å². The molecule has 5 rings (SSSR count). The number of aromatic carboxylic acids is 1. The molecule has 1 saturated heterocycles. The minimum atomic E-state index is -1.19. The van der Waals surface area contributed by atoms with Crippen LogP contribution in [0.25, 0.3) is 22.3 Å². The van der Waals surface area contributed by atoms with Crippen molar-refractivity contribution in [3.63, 3.8) is 0 Å². The highest BCUT2D eigenvalue weighted by Gasteiger charge is 2.34. The van der Waals surface area contributed by atoms with Gasteiger partial charge in [-0.3, -0.25) is 5.10 Å². The molecule has 4 N–H and O–H groups in total. The number of halogens is 3. The number of piperidine rings is 1. The largest absolute Gasteiger partial charge is 0.476 e. The van der Waals surface area contributed by atoms with Crippen LogP contribution < -0.4 is 10.6 Å². The first kappa shape index (κ1) is 22.9. The van der Waals surface area contributed by atoms with E-state index in [1.165, 1.54) is 0 Å². The van der Waals surface area contributed by atoms with Crippen LogP contribution in [0.3, 0.4) is 0 Å². The van der Waals surface area contributed by atoms with E-state index in [0.29, 0.717) is 53.2 Å². The highest BCUT2D eigenvalue weighted by atomic mass is 35.5. The maximum absolute atomic E-state index is 12.2. The second kappa shape index (κ2) is 8.70. The molecular formula is C23H19Cl3N6O2. The van der Waals surface area contributed by atoms with Gasteiger partial charge in [0.25, 0.3) is 0 Å². The number of nitrogens with zero attached hydrogens (tertiary/aromatic N) is 4. The summed E-state index contributed by atoms with van der Waals surface area (Å²) in [6.45, 7) is 1.11. The van der Waals surface area contributed by atoms with E-state index in [0.717, 1.165) is 5.56 Å². The van der Waals surface area contributed by atoms with Crippen LogP contribution in [0.1, 0.15) is 28.9 Å². The van der Waals surface area contributed by atoms with Gasteiger partial charge in [-0.15, -0.1) is 0 Å². The summed E-state index contributed by atoms with van der Waals surface area (Å²) in [6.07, 6.45) is 1.28. The highest BCUT2D eigenvalue weighted by Crippen LogP contribution is 2.37. The summed E-state index contributed by atoms with van der Waals surface area (Å²) in [6, 6.07) is 12.6. The Bertz CT molecular complexity index is 1400. The molecule has 1 aliphatic heterocycles. The topological polar surface area (TPSA) is 121 Å². The molecule has 8 nitrogen and oxygen atoms in total. The molecule has 0 atom stereocenters. The van der Waals surface area contributed by atoms with Crippen LogP contribution in [0.2, 0.25) is 15.1 Å². The van der Waals surface area contributed by atoms with Crippen LogP contribution in [0.5, 0.6) is 0 Å². The summed E-state index contributed by atoms with van der Waals surface area (Å²) in [5, 5.41) is 18.6. The lowest BCUT2D eigenvalue weighted by Crippen LogP contribution is -2.48. The van der Waals surface area contributed by atoms with E-state index in [9.17, 15) is 9.90 Å². The van der Waals surface area contributed by atoms with Gasteiger partial charge in [-0.1, -0.05) is 59.1 Å². The van der Waals surface area contributed by atoms with E-state index >= 15 is 0 Å². The van der Waals surface area contributed by atoms with Crippen LogP contribution in [0, 0.1) is 0 Å². The number of anilines is 1. The van der Waals surface area contributed by atoms with Crippen molar-refractivity contribution in [3.8, 4) is 11.3 Å². The minimum Gasteiger partial charge on any atom is -0.476 e. The number of hydrogen-bond donors (Lipinski definition) is 3. The monoisotopic (exact) mass is 516 g/mol. The molecule has 1 fully saturated rings. The normalized spacial score (nSPS) is 15.6. The van der Waals surface area contributed by atoms with Gasteiger partial charge in [0.1, 0.15) is 0 Å². The number of carbonyl (C=O) groups is 1. The molecule has 0 bridgehead atoms. The van der Waals surface area contributed by atoms with Crippen molar-refractivity contribution < 1.29 is 9.90 Å². The molecule has 0 amide bonds. The van der Waals surface area contributed by atoms with Crippen molar-refractivity contribution in [3.05, 3.63) is 68.8 Å². The molecule has 4 aromatic rings. The zero-order chi connectivity index (χ0) is 24.0. The summed E-state index contributed by atoms with van der Waals surface area (Å²) in [7, 11) is 0. The Morgan fingerprint density at radius 3 is 2.44 bits per heavy atom. The summed E-state index contributed by atoms with van der Waals surface area (Å²) in [4.78, 5) is 23.0. The lowest BCUT2D eigenvalue weighted by Gasteiger charge is -2.39. The maximum atomic E-state index is 12.2. The third-order valence-electron chi connectivity index (χ3n) is 6.18. The number of rotatable bonds is 4. The summed E-state index contributed by atoms with van der Waals surface area (Å²) >= 11 is 18.5. The van der Waals surface area contributed by atoms with Crippen LogP contribution >= 0.6 is 34.8 Å². The van der Waals surface area contributed by atoms with Crippen molar-refractivity contribution in [1.82, 2.24) is 20.2 Å². The number of fused-ring (bicyclic) bond motifs is 1. The molecule has 0 aliphatic carbocycles. The Morgan fingerprint density at radius 1 is 1.06 bits per heavy atom. The number of carboxylic acids is 1. The molecule has 2 aromatic heterocycles. The van der Waals surface area contributed by atoms with Gasteiger partial charge in [-0.2, -0.15) is 10.1 Å². The van der Waals surface area contributed by atoms with Gasteiger partial charge in [-0.25, -0.2) is 9.78 Å². The van der Waals surface area contributed by atoms with Crippen LogP contribution in [0.15, 0.2) is 42.5 Å². The van der Waals surface area contributed by atoms with Gasteiger partial charge < -0.3 is 15.7 Å². The van der Waals surface area contributed by atoms with E-state index in [1.807, 2.05) is 29.2 Å². The first-order valence-corrected chi connectivity index (χ1v) is 11.6. The van der Waals surface area contributed by atoms with E-state index in [4.69, 9.17) is 40.5 Å². The molecular weight excluding hydrogens is 499 g/mol. The second-order valence-electron chi connectivity index (χ2n) is 8.23. The van der Waals surface area contributed by atoms with Gasteiger partial charge in [0.2, 0.25) is 5.95 Å². The van der Waals surface area contributed by atoms with Crippen molar-refractivity contribution in [2.45, 2.75) is 18.4 Å². The van der Waals surface area contributed by atoms with Gasteiger partial charge in [-0.05, 0) is 36.6 Å². The number of carboxylic acid groups (broad SMARTS) is 1. The van der Waals surface area contributed by atoms with Gasteiger partial charge in [0.15, 0.2) is 11.3 Å². The van der Waals surface area contributed by atoms with Gasteiger partial charge >= 0.3 is 5.97 Å². The molecule has 0 unspecified atom stereocenters. The first-order chi connectivity index (χ1) is 16.3. The fourth-order valence-corrected chi connectivity index (χ4v) is 4.80. The zero-order valence-electron chi connectivity index (χ0n) is 17.7. The summed E-state index contributed by atoms with van der Waals surface area (Å²) in [5.41, 5.74) is 8.17. The average Bonchev–Trinajstić information content (AvgIpc) is 3.25. The lowest BCUT2D eigenvalue weighted by molar-refractivity contribution is 0.0692. The molecule has 0 radical (unpaired) electrons. The number of aromatic nitrogens is 4. The number of aromatic amines is 1. The van der Waals surface area contributed by atoms with E-state index < -0.39 is 11.5 Å². The molecule has 3 heterocycles. The van der Waals surface area contributed by atoms with Crippen LogP contribution in [-0.2, 0) is 5.54 Å². The predicted molar refractivity (Wildman–Crippen MR) is 133 cm³/mol. The molecule has 0 saturated carbocycles. The fourth-order valence-electron chi connectivity index (χ4n) is 4.28. The van der Waals surface area contributed by atoms with Gasteiger partial charge in [0, 0.05) is 29.2 Å². The van der Waals surface area contributed by atoms with Crippen molar-refractivity contribution in [2.75, 3.05) is 18.0 Å². The zero-order valence-corrected chi connectivity index (χ0v) is 20.0. The average molecular weight is 518 g/mol. The molecule has 11 heteroatoms. The van der Waals surface area contributed by atoms with Crippen molar-refractivity contribution in [2.24, 2.45) is 5.73 Å². The third-order valence-corrected chi connectivity index (χ3v) is 7.25. The molecule has 1 aliphatic rings. The maximum Gasteiger partial charge on any atom is 0.355 e. The lowest BCUT2D eigenvalue weighted by atomic mass is 9.82. The van der Waals surface area contributed by atoms with Crippen molar-refractivity contribution in [1.29, 1.82) is 0 Å². The fraction of sp³-hybridized carbons (Fsp3) is 0.217. The number of H-pyrrole nitrogens is 1. The quantitative estimate of drug-likeness (QED) is 0.343. The number of benzene rings is 2. The third kappa shape index (κ3) is 3.96.